The van der Waals surface area contributed by atoms with E-state index in [1.807, 2.05) is 0 Å². The van der Waals surface area contributed by atoms with Crippen LogP contribution >= 0.6 is 0 Å². The summed E-state index contributed by atoms with van der Waals surface area (Å²) in [5.41, 5.74) is 0. The lowest BCUT2D eigenvalue weighted by molar-refractivity contribution is 0.0874. The summed E-state index contributed by atoms with van der Waals surface area (Å²) in [6, 6.07) is 0.788. The first-order valence-electron chi connectivity index (χ1n) is 6.29. The molecule has 4 nitrogen and oxygen atoms in total. The normalized spacial score (nSPS) is 28.1. The summed E-state index contributed by atoms with van der Waals surface area (Å²) in [6.07, 6.45) is 6.87. The van der Waals surface area contributed by atoms with Crippen LogP contribution < -0.4 is 0 Å². The lowest BCUT2D eigenvalue weighted by Gasteiger charge is -2.40. The Morgan fingerprint density at radius 2 is 1.69 bits per heavy atom. The van der Waals surface area contributed by atoms with E-state index in [1.165, 1.54) is 32.1 Å². The van der Waals surface area contributed by atoms with Gasteiger partial charge in [-0.2, -0.15) is 0 Å². The summed E-state index contributed by atoms with van der Waals surface area (Å²) in [7, 11) is 0. The molecule has 94 valence electrons. The summed E-state index contributed by atoms with van der Waals surface area (Å²) in [6.45, 7) is 4.04. The molecule has 5 heteroatoms. The third-order valence-electron chi connectivity index (χ3n) is 3.79. The van der Waals surface area contributed by atoms with Crippen LogP contribution in [0.4, 0.5) is 0 Å². The number of piperazine rings is 1. The van der Waals surface area contributed by atoms with Gasteiger partial charge < -0.3 is 4.55 Å². The Morgan fingerprint density at radius 1 is 1.06 bits per heavy atom. The van der Waals surface area contributed by atoms with Crippen LogP contribution in [0.1, 0.15) is 32.1 Å². The zero-order valence-electron chi connectivity index (χ0n) is 9.81. The average molecular weight is 246 g/mol. The molecule has 0 aromatic heterocycles. The summed E-state index contributed by atoms with van der Waals surface area (Å²) in [4.78, 5) is 4.67. The molecule has 1 aliphatic carbocycles. The van der Waals surface area contributed by atoms with E-state index in [0.29, 0.717) is 5.88 Å². The van der Waals surface area contributed by atoms with Crippen molar-refractivity contribution < 1.29 is 8.76 Å². The molecule has 2 rings (SSSR count). The van der Waals surface area contributed by atoms with E-state index in [-0.39, 0.29) is 0 Å². The van der Waals surface area contributed by atoms with E-state index >= 15 is 0 Å². The molecular weight excluding hydrogens is 224 g/mol. The van der Waals surface area contributed by atoms with Crippen molar-refractivity contribution in [2.75, 3.05) is 32.1 Å². The lowest BCUT2D eigenvalue weighted by Crippen LogP contribution is -2.51. The summed E-state index contributed by atoms with van der Waals surface area (Å²) in [5, 5.41) is 0. The molecule has 1 saturated heterocycles. The van der Waals surface area contributed by atoms with Crippen LogP contribution in [0.5, 0.6) is 0 Å². The van der Waals surface area contributed by atoms with Gasteiger partial charge >= 0.3 is 0 Å². The predicted molar refractivity (Wildman–Crippen MR) is 65.7 cm³/mol. The topological polar surface area (TPSA) is 43.8 Å². The van der Waals surface area contributed by atoms with E-state index < -0.39 is 11.1 Å². The highest BCUT2D eigenvalue weighted by atomic mass is 32.2. The van der Waals surface area contributed by atoms with Crippen molar-refractivity contribution in [3.8, 4) is 0 Å². The predicted octanol–water partition coefficient (Wildman–Crippen LogP) is 1.12. The Bertz CT molecular complexity index is 236. The third-order valence-corrected chi connectivity index (χ3v) is 4.38. The fourth-order valence-electron chi connectivity index (χ4n) is 2.86. The minimum absolute atomic E-state index is 0.318. The molecule has 0 spiro atoms. The summed E-state index contributed by atoms with van der Waals surface area (Å²) in [5.74, 6) is 0.318. The molecule has 0 aromatic rings. The van der Waals surface area contributed by atoms with Crippen molar-refractivity contribution in [2.24, 2.45) is 0 Å². The van der Waals surface area contributed by atoms with E-state index in [2.05, 4.69) is 9.80 Å². The van der Waals surface area contributed by atoms with E-state index in [1.54, 1.807) is 0 Å². The summed E-state index contributed by atoms with van der Waals surface area (Å²) < 4.78 is 19.5. The Kier molecular flexibility index (Phi) is 4.76. The van der Waals surface area contributed by atoms with Crippen LogP contribution in [-0.2, 0) is 11.1 Å². The molecular formula is C11H22N2O2S. The molecule has 0 aromatic carbocycles. The highest BCUT2D eigenvalue weighted by Crippen LogP contribution is 2.23. The van der Waals surface area contributed by atoms with Gasteiger partial charge in [0.1, 0.15) is 5.88 Å². The number of rotatable bonds is 3. The van der Waals surface area contributed by atoms with Crippen molar-refractivity contribution in [1.29, 1.82) is 0 Å². The molecule has 2 aliphatic rings. The SMILES string of the molecule is O=S(O)CN1CCN(C2CCCCC2)CC1. The number of hydrogen-bond acceptors (Lipinski definition) is 3. The maximum Gasteiger partial charge on any atom is 0.167 e. The van der Waals surface area contributed by atoms with Crippen LogP contribution in [0.25, 0.3) is 0 Å². The largest absolute Gasteiger partial charge is 0.305 e. The zero-order chi connectivity index (χ0) is 11.4. The molecule has 1 saturated carbocycles. The lowest BCUT2D eigenvalue weighted by atomic mass is 9.94. The van der Waals surface area contributed by atoms with Gasteiger partial charge in [-0.15, -0.1) is 0 Å². The molecule has 1 unspecified atom stereocenters. The Balaban J connectivity index is 1.73. The first kappa shape index (κ1) is 12.5. The molecule has 0 bridgehead atoms. The molecule has 16 heavy (non-hydrogen) atoms. The Morgan fingerprint density at radius 3 is 2.25 bits per heavy atom. The molecule has 1 heterocycles. The van der Waals surface area contributed by atoms with Gasteiger partial charge in [0, 0.05) is 32.2 Å². The van der Waals surface area contributed by atoms with Crippen molar-refractivity contribution >= 4 is 11.1 Å². The smallest absolute Gasteiger partial charge is 0.167 e. The van der Waals surface area contributed by atoms with Crippen LogP contribution in [-0.4, -0.2) is 56.7 Å². The molecule has 0 radical (unpaired) electrons. The van der Waals surface area contributed by atoms with Crippen LogP contribution in [0, 0.1) is 0 Å². The van der Waals surface area contributed by atoms with E-state index in [4.69, 9.17) is 4.55 Å². The van der Waals surface area contributed by atoms with Gasteiger partial charge in [0.15, 0.2) is 11.1 Å². The van der Waals surface area contributed by atoms with E-state index in [0.717, 1.165) is 32.2 Å². The quantitative estimate of drug-likeness (QED) is 0.758. The highest BCUT2D eigenvalue weighted by Gasteiger charge is 2.25. The molecule has 1 N–H and O–H groups in total. The first-order chi connectivity index (χ1) is 7.75. The first-order valence-corrected chi connectivity index (χ1v) is 7.57. The minimum Gasteiger partial charge on any atom is -0.305 e. The van der Waals surface area contributed by atoms with Gasteiger partial charge in [-0.1, -0.05) is 19.3 Å². The van der Waals surface area contributed by atoms with Gasteiger partial charge in [0.2, 0.25) is 0 Å². The van der Waals surface area contributed by atoms with Gasteiger partial charge in [-0.3, -0.25) is 9.80 Å². The van der Waals surface area contributed by atoms with Crippen molar-refractivity contribution in [3.05, 3.63) is 0 Å². The number of nitrogens with zero attached hydrogens (tertiary/aromatic N) is 2. The van der Waals surface area contributed by atoms with Gasteiger partial charge in [0.05, 0.1) is 0 Å². The van der Waals surface area contributed by atoms with Gasteiger partial charge in [-0.05, 0) is 12.8 Å². The molecule has 2 fully saturated rings. The fourth-order valence-corrected chi connectivity index (χ4v) is 3.43. The monoisotopic (exact) mass is 246 g/mol. The zero-order valence-corrected chi connectivity index (χ0v) is 10.6. The second-order valence-corrected chi connectivity index (χ2v) is 5.80. The van der Waals surface area contributed by atoms with Gasteiger partial charge in [-0.25, -0.2) is 4.21 Å². The molecule has 0 amide bonds. The second kappa shape index (κ2) is 6.10. The fraction of sp³-hybridized carbons (Fsp3) is 1.00. The van der Waals surface area contributed by atoms with Crippen LogP contribution in [0.3, 0.4) is 0 Å². The standard InChI is InChI=1S/C11H22N2O2S/c14-16(15)10-12-6-8-13(9-7-12)11-4-2-1-3-5-11/h11H,1-10H2,(H,14,15). The third kappa shape index (κ3) is 3.52. The second-order valence-electron chi connectivity index (χ2n) is 4.90. The Hall–Kier alpha value is 0.0300. The van der Waals surface area contributed by atoms with E-state index in [9.17, 15) is 4.21 Å². The highest BCUT2D eigenvalue weighted by molar-refractivity contribution is 7.79. The summed E-state index contributed by atoms with van der Waals surface area (Å²) >= 11 is -1.67. The van der Waals surface area contributed by atoms with Crippen molar-refractivity contribution in [3.63, 3.8) is 0 Å². The molecule has 1 atom stereocenters. The van der Waals surface area contributed by atoms with Gasteiger partial charge in [0.25, 0.3) is 0 Å². The average Bonchev–Trinajstić information content (AvgIpc) is 2.30. The maximum atomic E-state index is 10.7. The molecule has 1 aliphatic heterocycles. The minimum atomic E-state index is -1.67. The Labute approximate surface area is 100 Å². The van der Waals surface area contributed by atoms with Crippen molar-refractivity contribution in [2.45, 2.75) is 38.1 Å². The van der Waals surface area contributed by atoms with Crippen LogP contribution in [0.15, 0.2) is 0 Å². The van der Waals surface area contributed by atoms with Crippen LogP contribution in [0.2, 0.25) is 0 Å². The maximum absolute atomic E-state index is 10.7. The number of hydrogen-bond donors (Lipinski definition) is 1. The van der Waals surface area contributed by atoms with Crippen molar-refractivity contribution in [1.82, 2.24) is 9.80 Å².